The Bertz CT molecular complexity index is 232. The van der Waals surface area contributed by atoms with Gasteiger partial charge in [-0.05, 0) is 19.3 Å². The number of hydrogen-bond donors (Lipinski definition) is 2. The van der Waals surface area contributed by atoms with Crippen LogP contribution in [0, 0.1) is 0 Å². The molecule has 2 nitrogen and oxygen atoms in total. The molecule has 4 heteroatoms. The summed E-state index contributed by atoms with van der Waals surface area (Å²) in [5.74, 6) is 0. The van der Waals surface area contributed by atoms with E-state index in [0.717, 1.165) is 13.1 Å². The van der Waals surface area contributed by atoms with Crippen molar-refractivity contribution in [3.8, 4) is 0 Å². The van der Waals surface area contributed by atoms with Gasteiger partial charge in [0.15, 0.2) is 0 Å². The fraction of sp³-hybridized carbons (Fsp3) is 0.500. The maximum atomic E-state index is 3.84. The Morgan fingerprint density at radius 2 is 1.69 bits per heavy atom. The summed E-state index contributed by atoms with van der Waals surface area (Å²) in [5.41, 5.74) is 5.26. The highest BCUT2D eigenvalue weighted by molar-refractivity contribution is 5.12. The molecule has 0 radical (unpaired) electrons. The van der Waals surface area contributed by atoms with Crippen molar-refractivity contribution in [2.75, 3.05) is 13.1 Å². The molecule has 0 heterocycles. The third kappa shape index (κ3) is 9.16. The van der Waals surface area contributed by atoms with Crippen LogP contribution in [0.5, 0.6) is 0 Å². The van der Waals surface area contributed by atoms with Crippen LogP contribution in [0.4, 0.5) is 0 Å². The minimum absolute atomic E-state index is 0. The summed E-state index contributed by atoms with van der Waals surface area (Å²) in [5, 5.41) is 2.39. The van der Waals surface area contributed by atoms with Gasteiger partial charge in [-0.3, -0.25) is 0 Å². The third-order valence-corrected chi connectivity index (χ3v) is 2.38. The molecule has 1 rings (SSSR count). The zero-order valence-corrected chi connectivity index (χ0v) is 12.0. The quantitative estimate of drug-likeness (QED) is 0.472. The molecule has 1 aromatic carbocycles. The number of hydrogen-bond acceptors (Lipinski definition) is 0. The van der Waals surface area contributed by atoms with Crippen molar-refractivity contribution in [3.05, 3.63) is 35.9 Å². The lowest BCUT2D eigenvalue weighted by Gasteiger charge is -2.00. The van der Waals surface area contributed by atoms with Crippen LogP contribution in [0.25, 0.3) is 0 Å². The lowest BCUT2D eigenvalue weighted by Crippen LogP contribution is -3.00. The molecule has 0 spiro atoms. The van der Waals surface area contributed by atoms with E-state index in [0.29, 0.717) is 0 Å². The van der Waals surface area contributed by atoms with Gasteiger partial charge in [0, 0.05) is 5.56 Å². The second-order valence-electron chi connectivity index (χ2n) is 3.68. The van der Waals surface area contributed by atoms with Gasteiger partial charge in [0.05, 0.1) is 13.1 Å². The Kier molecular flexibility index (Phi) is 14.8. The molecule has 16 heavy (non-hydrogen) atoms. The third-order valence-electron chi connectivity index (χ3n) is 2.38. The van der Waals surface area contributed by atoms with Crippen molar-refractivity contribution in [2.45, 2.75) is 25.8 Å². The molecule has 0 aliphatic heterocycles. The van der Waals surface area contributed by atoms with E-state index in [9.17, 15) is 0 Å². The molecule has 0 aliphatic carbocycles. The lowest BCUT2D eigenvalue weighted by molar-refractivity contribution is -0.671. The molecule has 0 aromatic heterocycles. The number of benzene rings is 1. The minimum atomic E-state index is 0. The van der Waals surface area contributed by atoms with E-state index in [1.54, 1.807) is 0 Å². The average molecular weight is 310 g/mol. The maximum absolute atomic E-state index is 3.84. The van der Waals surface area contributed by atoms with E-state index < -0.39 is 0 Å². The van der Waals surface area contributed by atoms with Crippen molar-refractivity contribution in [1.82, 2.24) is 0 Å². The Hall–Kier alpha value is -0.0900. The summed E-state index contributed by atoms with van der Waals surface area (Å²) >= 11 is 0. The van der Waals surface area contributed by atoms with Crippen molar-refractivity contribution in [3.63, 3.8) is 0 Å². The average Bonchev–Trinajstić information content (AvgIpc) is 2.25. The molecule has 0 saturated carbocycles. The monoisotopic (exact) mass is 308 g/mol. The van der Waals surface area contributed by atoms with Crippen LogP contribution in [-0.4, -0.2) is 13.1 Å². The van der Waals surface area contributed by atoms with Crippen LogP contribution in [0.1, 0.15) is 24.8 Å². The standard InChI is InChI=1S/C12H20N2.BrH.ClH/c13-9-5-2-6-10-14-11-12-7-3-1-4-8-12;;/h1,3-4,7-8,14H,2,5-6,9-11,13H2;2*1H. The Morgan fingerprint density at radius 1 is 1.00 bits per heavy atom. The van der Waals surface area contributed by atoms with E-state index >= 15 is 0 Å². The molecule has 0 saturated heterocycles. The van der Waals surface area contributed by atoms with Gasteiger partial charge in [-0.1, -0.05) is 30.3 Å². The zero-order valence-electron chi connectivity index (χ0n) is 9.67. The number of unbranched alkanes of at least 4 members (excludes halogenated alkanes) is 2. The SMILES string of the molecule is [Br-].[Cl-].[NH3+]CCCCC[NH2+]Cc1ccccc1. The predicted octanol–water partition coefficient (Wildman–Crippen LogP) is -5.83. The topological polar surface area (TPSA) is 44.2 Å². The van der Waals surface area contributed by atoms with Crippen LogP contribution < -0.4 is 40.4 Å². The van der Waals surface area contributed by atoms with Crippen molar-refractivity contribution in [1.29, 1.82) is 0 Å². The molecular formula is C12H22BrClN2. The van der Waals surface area contributed by atoms with Gasteiger partial charge in [-0.15, -0.1) is 0 Å². The molecule has 0 amide bonds. The molecule has 0 unspecified atom stereocenters. The van der Waals surface area contributed by atoms with E-state index in [2.05, 4.69) is 41.4 Å². The van der Waals surface area contributed by atoms with Crippen LogP contribution in [0.3, 0.4) is 0 Å². The van der Waals surface area contributed by atoms with Gasteiger partial charge >= 0.3 is 0 Å². The largest absolute Gasteiger partial charge is 1.00 e. The van der Waals surface area contributed by atoms with Gasteiger partial charge in [-0.25, -0.2) is 0 Å². The smallest absolute Gasteiger partial charge is 0.101 e. The fourth-order valence-corrected chi connectivity index (χ4v) is 1.53. The van der Waals surface area contributed by atoms with Crippen molar-refractivity contribution >= 4 is 0 Å². The first-order valence-corrected chi connectivity index (χ1v) is 5.58. The van der Waals surface area contributed by atoms with Crippen LogP contribution in [0.15, 0.2) is 30.3 Å². The lowest BCUT2D eigenvalue weighted by atomic mass is 10.2. The van der Waals surface area contributed by atoms with Gasteiger partial charge in [0.25, 0.3) is 0 Å². The van der Waals surface area contributed by atoms with Gasteiger partial charge in [-0.2, -0.15) is 0 Å². The maximum Gasteiger partial charge on any atom is 0.101 e. The Morgan fingerprint density at radius 3 is 2.31 bits per heavy atom. The summed E-state index contributed by atoms with van der Waals surface area (Å²) in [6.45, 7) is 3.44. The normalized spacial score (nSPS) is 9.06. The number of halogens is 2. The highest BCUT2D eigenvalue weighted by atomic mass is 79.9. The summed E-state index contributed by atoms with van der Waals surface area (Å²) in [6, 6.07) is 10.6. The van der Waals surface area contributed by atoms with E-state index in [1.807, 2.05) is 0 Å². The van der Waals surface area contributed by atoms with E-state index in [1.165, 1.54) is 31.4 Å². The summed E-state index contributed by atoms with van der Waals surface area (Å²) in [4.78, 5) is 0. The first kappa shape index (κ1) is 18.3. The summed E-state index contributed by atoms with van der Waals surface area (Å²) in [7, 11) is 0. The fourth-order valence-electron chi connectivity index (χ4n) is 1.53. The number of quaternary nitrogens is 2. The second kappa shape index (κ2) is 13.0. The van der Waals surface area contributed by atoms with Gasteiger partial charge in [0.1, 0.15) is 6.54 Å². The van der Waals surface area contributed by atoms with Crippen molar-refractivity contribution < 1.29 is 40.4 Å². The second-order valence-corrected chi connectivity index (χ2v) is 3.68. The van der Waals surface area contributed by atoms with Crippen LogP contribution in [-0.2, 0) is 6.54 Å². The van der Waals surface area contributed by atoms with Crippen LogP contribution >= 0.6 is 0 Å². The summed E-state index contributed by atoms with van der Waals surface area (Å²) in [6.07, 6.45) is 3.93. The zero-order chi connectivity index (χ0) is 10.1. The molecule has 0 bridgehead atoms. The molecule has 5 N–H and O–H groups in total. The Labute approximate surface area is 115 Å². The molecule has 0 fully saturated rings. The van der Waals surface area contributed by atoms with Crippen LogP contribution in [0.2, 0.25) is 0 Å². The van der Waals surface area contributed by atoms with Crippen molar-refractivity contribution in [2.24, 2.45) is 0 Å². The number of rotatable bonds is 7. The molecule has 94 valence electrons. The molecule has 1 aromatic rings. The highest BCUT2D eigenvalue weighted by Gasteiger charge is 1.94. The summed E-state index contributed by atoms with van der Waals surface area (Å²) < 4.78 is 0. The minimum Gasteiger partial charge on any atom is -1.00 e. The van der Waals surface area contributed by atoms with Gasteiger partial charge < -0.3 is 40.4 Å². The van der Waals surface area contributed by atoms with E-state index in [4.69, 9.17) is 0 Å². The first-order chi connectivity index (χ1) is 6.93. The molecule has 0 aliphatic rings. The highest BCUT2D eigenvalue weighted by Crippen LogP contribution is 1.94. The molecule has 0 atom stereocenters. The number of nitrogens with two attached hydrogens (primary N) is 1. The Balaban J connectivity index is 0. The van der Waals surface area contributed by atoms with E-state index in [-0.39, 0.29) is 29.4 Å². The first-order valence-electron chi connectivity index (χ1n) is 5.58. The molecular weight excluding hydrogens is 288 g/mol. The van der Waals surface area contributed by atoms with Gasteiger partial charge in [0.2, 0.25) is 0 Å². The predicted molar refractivity (Wildman–Crippen MR) is 58.5 cm³/mol.